The fraction of sp³-hybridized carbons (Fsp3) is 0.923. The highest BCUT2D eigenvalue weighted by Crippen LogP contribution is 2.28. The van der Waals surface area contributed by atoms with Gasteiger partial charge >= 0.3 is 0 Å². The van der Waals surface area contributed by atoms with Gasteiger partial charge in [-0.05, 0) is 25.9 Å². The van der Waals surface area contributed by atoms with Gasteiger partial charge in [-0.25, -0.2) is 0 Å². The zero-order valence-electron chi connectivity index (χ0n) is 11.6. The molecule has 100 valence electrons. The summed E-state index contributed by atoms with van der Waals surface area (Å²) in [7, 11) is 1.73. The number of ether oxygens (including phenoxy) is 1. The van der Waals surface area contributed by atoms with Gasteiger partial charge in [0.05, 0.1) is 6.61 Å². The van der Waals surface area contributed by atoms with Crippen LogP contribution < -0.4 is 10.6 Å². The maximum absolute atomic E-state index is 11.9. The highest BCUT2D eigenvalue weighted by Gasteiger charge is 2.33. The Balaban J connectivity index is 2.52. The minimum atomic E-state index is -0.318. The summed E-state index contributed by atoms with van der Waals surface area (Å²) in [6, 6.07) is 0. The lowest BCUT2D eigenvalue weighted by Gasteiger charge is -2.37. The molecular formula is C13H26N2O2. The van der Waals surface area contributed by atoms with Crippen LogP contribution in [0.15, 0.2) is 0 Å². The first-order chi connectivity index (χ1) is 7.90. The molecule has 0 bridgehead atoms. The fourth-order valence-corrected chi connectivity index (χ4v) is 2.17. The molecule has 0 atom stereocenters. The van der Waals surface area contributed by atoms with Crippen LogP contribution in [-0.4, -0.2) is 39.3 Å². The van der Waals surface area contributed by atoms with Crippen LogP contribution in [0.1, 0.15) is 33.6 Å². The van der Waals surface area contributed by atoms with Crippen molar-refractivity contribution in [2.45, 2.75) is 33.6 Å². The van der Waals surface area contributed by atoms with E-state index < -0.39 is 0 Å². The Morgan fingerprint density at radius 3 is 2.41 bits per heavy atom. The summed E-state index contributed by atoms with van der Waals surface area (Å²) in [4.78, 5) is 11.9. The minimum absolute atomic E-state index is 0.112. The molecule has 1 rings (SSSR count). The van der Waals surface area contributed by atoms with Crippen molar-refractivity contribution in [3.05, 3.63) is 0 Å². The number of amides is 1. The first-order valence-electron chi connectivity index (χ1n) is 6.38. The lowest BCUT2D eigenvalue weighted by molar-refractivity contribution is -0.129. The molecule has 4 heteroatoms. The molecule has 1 heterocycles. The maximum atomic E-state index is 11.9. The molecule has 1 aliphatic heterocycles. The van der Waals surface area contributed by atoms with Crippen molar-refractivity contribution in [3.8, 4) is 0 Å². The number of rotatable bonds is 4. The van der Waals surface area contributed by atoms with Crippen LogP contribution in [-0.2, 0) is 9.53 Å². The number of hydrogen-bond donors (Lipinski definition) is 2. The molecule has 2 N–H and O–H groups in total. The molecule has 0 aromatic carbocycles. The number of nitrogens with one attached hydrogen (secondary N) is 2. The smallest absolute Gasteiger partial charge is 0.225 e. The molecule has 1 saturated heterocycles. The zero-order valence-corrected chi connectivity index (χ0v) is 11.6. The molecule has 0 aliphatic carbocycles. The van der Waals surface area contributed by atoms with Gasteiger partial charge in [0.2, 0.25) is 5.91 Å². The van der Waals surface area contributed by atoms with Crippen LogP contribution >= 0.6 is 0 Å². The molecule has 0 aromatic heterocycles. The number of hydrogen-bond acceptors (Lipinski definition) is 3. The molecule has 17 heavy (non-hydrogen) atoms. The minimum Gasteiger partial charge on any atom is -0.384 e. The Morgan fingerprint density at radius 2 is 1.94 bits per heavy atom. The van der Waals surface area contributed by atoms with Gasteiger partial charge in [-0.3, -0.25) is 4.79 Å². The van der Waals surface area contributed by atoms with Crippen LogP contribution in [0, 0.1) is 10.8 Å². The van der Waals surface area contributed by atoms with E-state index >= 15 is 0 Å². The number of carbonyl (C=O) groups excluding carboxylic acids is 1. The summed E-state index contributed by atoms with van der Waals surface area (Å²) in [5.74, 6) is 0.117. The summed E-state index contributed by atoms with van der Waals surface area (Å²) in [5.41, 5.74) is -0.206. The summed E-state index contributed by atoms with van der Waals surface area (Å²) in [6.07, 6.45) is 2.12. The van der Waals surface area contributed by atoms with Crippen molar-refractivity contribution >= 4 is 5.91 Å². The summed E-state index contributed by atoms with van der Waals surface area (Å²) in [6.45, 7) is 9.27. The van der Waals surface area contributed by atoms with Crippen LogP contribution in [0.4, 0.5) is 0 Å². The highest BCUT2D eigenvalue weighted by atomic mass is 16.5. The van der Waals surface area contributed by atoms with E-state index in [9.17, 15) is 4.79 Å². The molecule has 1 amide bonds. The summed E-state index contributed by atoms with van der Waals surface area (Å²) in [5, 5.41) is 6.42. The van der Waals surface area contributed by atoms with E-state index in [0.29, 0.717) is 0 Å². The first-order valence-corrected chi connectivity index (χ1v) is 6.38. The molecule has 1 fully saturated rings. The van der Waals surface area contributed by atoms with Crippen LogP contribution in [0.2, 0.25) is 0 Å². The molecule has 0 radical (unpaired) electrons. The standard InChI is InChI=1S/C13H26N2O2/c1-12(2,3)11(16)15-9-13(10-17-4)5-7-14-8-6-13/h14H,5-10H2,1-4H3,(H,15,16). The number of piperidine rings is 1. The molecule has 0 unspecified atom stereocenters. The second-order valence-corrected chi connectivity index (χ2v) is 6.12. The van der Waals surface area contributed by atoms with Gasteiger partial charge in [0.25, 0.3) is 0 Å². The second-order valence-electron chi connectivity index (χ2n) is 6.12. The lowest BCUT2D eigenvalue weighted by Crippen LogP contribution is -2.49. The molecule has 1 aliphatic rings. The number of carbonyl (C=O) groups is 1. The van der Waals surface area contributed by atoms with Gasteiger partial charge in [-0.1, -0.05) is 20.8 Å². The molecular weight excluding hydrogens is 216 g/mol. The van der Waals surface area contributed by atoms with Crippen molar-refractivity contribution in [1.82, 2.24) is 10.6 Å². The quantitative estimate of drug-likeness (QED) is 0.778. The summed E-state index contributed by atoms with van der Waals surface area (Å²) >= 11 is 0. The third-order valence-electron chi connectivity index (χ3n) is 3.42. The second kappa shape index (κ2) is 5.83. The van der Waals surface area contributed by atoms with Crippen molar-refractivity contribution in [2.24, 2.45) is 10.8 Å². The largest absolute Gasteiger partial charge is 0.384 e. The van der Waals surface area contributed by atoms with E-state index in [1.807, 2.05) is 20.8 Å². The topological polar surface area (TPSA) is 50.4 Å². The molecule has 0 aromatic rings. The summed E-state index contributed by atoms with van der Waals surface area (Å²) < 4.78 is 5.32. The Kier molecular flexibility index (Phi) is 4.95. The van der Waals surface area contributed by atoms with E-state index in [0.717, 1.165) is 39.1 Å². The van der Waals surface area contributed by atoms with E-state index in [1.54, 1.807) is 7.11 Å². The van der Waals surface area contributed by atoms with Crippen molar-refractivity contribution < 1.29 is 9.53 Å². The van der Waals surface area contributed by atoms with E-state index in [4.69, 9.17) is 4.74 Å². The third-order valence-corrected chi connectivity index (χ3v) is 3.42. The van der Waals surface area contributed by atoms with Crippen LogP contribution in [0.3, 0.4) is 0 Å². The van der Waals surface area contributed by atoms with Crippen molar-refractivity contribution in [2.75, 3.05) is 33.4 Å². The third kappa shape index (κ3) is 4.28. The Morgan fingerprint density at radius 1 is 1.35 bits per heavy atom. The van der Waals surface area contributed by atoms with Crippen LogP contribution in [0.5, 0.6) is 0 Å². The van der Waals surface area contributed by atoms with Gasteiger partial charge in [-0.15, -0.1) is 0 Å². The fourth-order valence-electron chi connectivity index (χ4n) is 2.17. The van der Waals surface area contributed by atoms with E-state index in [2.05, 4.69) is 10.6 Å². The van der Waals surface area contributed by atoms with E-state index in [-0.39, 0.29) is 16.7 Å². The highest BCUT2D eigenvalue weighted by molar-refractivity contribution is 5.81. The Bertz CT molecular complexity index is 247. The zero-order chi connectivity index (χ0) is 12.9. The van der Waals surface area contributed by atoms with Crippen molar-refractivity contribution in [3.63, 3.8) is 0 Å². The van der Waals surface area contributed by atoms with Crippen LogP contribution in [0.25, 0.3) is 0 Å². The van der Waals surface area contributed by atoms with Gasteiger partial charge in [0.1, 0.15) is 0 Å². The van der Waals surface area contributed by atoms with Gasteiger partial charge in [0.15, 0.2) is 0 Å². The monoisotopic (exact) mass is 242 g/mol. The normalized spacial score (nSPS) is 20.0. The molecule has 0 spiro atoms. The van der Waals surface area contributed by atoms with Crippen molar-refractivity contribution in [1.29, 1.82) is 0 Å². The van der Waals surface area contributed by atoms with E-state index in [1.165, 1.54) is 0 Å². The Hall–Kier alpha value is -0.610. The predicted molar refractivity (Wildman–Crippen MR) is 68.9 cm³/mol. The SMILES string of the molecule is COCC1(CNC(=O)C(C)(C)C)CCNCC1. The number of methoxy groups -OCH3 is 1. The average Bonchev–Trinajstić information content (AvgIpc) is 2.26. The first kappa shape index (κ1) is 14.5. The van der Waals surface area contributed by atoms with Gasteiger partial charge < -0.3 is 15.4 Å². The Labute approximate surface area is 104 Å². The van der Waals surface area contributed by atoms with Gasteiger partial charge in [-0.2, -0.15) is 0 Å². The predicted octanol–water partition coefficient (Wildman–Crippen LogP) is 1.16. The van der Waals surface area contributed by atoms with Gasteiger partial charge in [0, 0.05) is 24.5 Å². The lowest BCUT2D eigenvalue weighted by atomic mass is 9.79. The molecule has 0 saturated carbocycles. The average molecular weight is 242 g/mol. The molecule has 4 nitrogen and oxygen atoms in total. The maximum Gasteiger partial charge on any atom is 0.225 e.